The molecule has 0 spiro atoms. The van der Waals surface area contributed by atoms with Crippen molar-refractivity contribution in [1.82, 2.24) is 4.90 Å². The maximum Gasteiger partial charge on any atom is 0.303 e. The first-order chi connectivity index (χ1) is 10.7. The zero-order valence-electron chi connectivity index (χ0n) is 14.9. The third-order valence-corrected chi connectivity index (χ3v) is 5.14. The Labute approximate surface area is 137 Å². The number of rotatable bonds is 15. The predicted molar refractivity (Wildman–Crippen MR) is 93.3 cm³/mol. The van der Waals surface area contributed by atoms with Gasteiger partial charge in [0.1, 0.15) is 0 Å². The maximum atomic E-state index is 10.4. The van der Waals surface area contributed by atoms with Crippen LogP contribution in [0.2, 0.25) is 0 Å². The molecule has 3 atom stereocenters. The van der Waals surface area contributed by atoms with Crippen LogP contribution < -0.4 is 0 Å². The fraction of sp³-hybridized carbons (Fsp3) is 0.947. The monoisotopic (exact) mass is 311 g/mol. The van der Waals surface area contributed by atoms with Crippen LogP contribution in [0.15, 0.2) is 0 Å². The Morgan fingerprint density at radius 1 is 0.818 bits per heavy atom. The number of likely N-dealkylation sites (N-methyl/N-ethyl adjacent to an activating group) is 1. The van der Waals surface area contributed by atoms with Crippen molar-refractivity contribution in [2.75, 3.05) is 7.05 Å². The highest BCUT2D eigenvalue weighted by Gasteiger charge is 2.42. The van der Waals surface area contributed by atoms with Crippen molar-refractivity contribution in [2.24, 2.45) is 0 Å². The topological polar surface area (TPSA) is 40.3 Å². The highest BCUT2D eigenvalue weighted by Crippen LogP contribution is 2.34. The lowest BCUT2D eigenvalue weighted by Crippen LogP contribution is -1.95. The van der Waals surface area contributed by atoms with E-state index in [-0.39, 0.29) is 0 Å². The van der Waals surface area contributed by atoms with E-state index in [1.165, 1.54) is 70.6 Å². The second kappa shape index (κ2) is 11.9. The number of aliphatic carboxylic acids is 1. The van der Waals surface area contributed by atoms with Gasteiger partial charge in [-0.2, -0.15) is 0 Å². The highest BCUT2D eigenvalue weighted by molar-refractivity contribution is 5.66. The van der Waals surface area contributed by atoms with E-state index < -0.39 is 5.97 Å². The van der Waals surface area contributed by atoms with Gasteiger partial charge in [0.05, 0.1) is 0 Å². The smallest absolute Gasteiger partial charge is 0.303 e. The summed E-state index contributed by atoms with van der Waals surface area (Å²) in [6.07, 6.45) is 17.2. The summed E-state index contributed by atoms with van der Waals surface area (Å²) >= 11 is 0. The number of nitrogens with zero attached hydrogens (tertiary/aromatic N) is 1. The van der Waals surface area contributed by atoms with E-state index in [4.69, 9.17) is 5.11 Å². The lowest BCUT2D eigenvalue weighted by atomic mass is 10.0. The first-order valence-electron chi connectivity index (χ1n) is 9.60. The van der Waals surface area contributed by atoms with Crippen LogP contribution in [0.25, 0.3) is 0 Å². The van der Waals surface area contributed by atoms with Crippen LogP contribution in [0, 0.1) is 0 Å². The Hall–Kier alpha value is -0.570. The van der Waals surface area contributed by atoms with Crippen molar-refractivity contribution >= 4 is 5.97 Å². The van der Waals surface area contributed by atoms with Gasteiger partial charge in [-0.15, -0.1) is 0 Å². The van der Waals surface area contributed by atoms with Crippen molar-refractivity contribution < 1.29 is 9.90 Å². The zero-order valence-corrected chi connectivity index (χ0v) is 14.9. The quantitative estimate of drug-likeness (QED) is 0.332. The minimum atomic E-state index is -0.655. The largest absolute Gasteiger partial charge is 0.481 e. The molecular weight excluding hydrogens is 274 g/mol. The van der Waals surface area contributed by atoms with Crippen LogP contribution in [0.5, 0.6) is 0 Å². The third kappa shape index (κ3) is 8.77. The van der Waals surface area contributed by atoms with Gasteiger partial charge in [0.2, 0.25) is 0 Å². The van der Waals surface area contributed by atoms with Gasteiger partial charge in [-0.1, -0.05) is 71.1 Å². The van der Waals surface area contributed by atoms with Gasteiger partial charge in [-0.05, 0) is 26.3 Å². The molecule has 3 heteroatoms. The van der Waals surface area contributed by atoms with Crippen LogP contribution >= 0.6 is 0 Å². The molecule has 3 nitrogen and oxygen atoms in total. The molecule has 1 heterocycles. The molecule has 1 saturated heterocycles. The highest BCUT2D eigenvalue weighted by atomic mass is 16.4. The number of carbonyl (C=O) groups is 1. The molecule has 1 fully saturated rings. The van der Waals surface area contributed by atoms with Crippen LogP contribution in [-0.2, 0) is 4.79 Å². The molecule has 130 valence electrons. The van der Waals surface area contributed by atoms with Crippen LogP contribution in [0.1, 0.15) is 96.8 Å². The number of unbranched alkanes of at least 4 members (excludes halogenated alkanes) is 9. The normalized spacial score (nSPS) is 23.6. The van der Waals surface area contributed by atoms with Crippen LogP contribution in [-0.4, -0.2) is 35.1 Å². The minimum absolute atomic E-state index is 0.339. The second-order valence-corrected chi connectivity index (χ2v) is 7.06. The molecule has 3 unspecified atom stereocenters. The molecule has 1 N–H and O–H groups in total. The van der Waals surface area contributed by atoms with Gasteiger partial charge in [-0.25, -0.2) is 0 Å². The zero-order chi connectivity index (χ0) is 16.2. The molecule has 0 aliphatic carbocycles. The van der Waals surface area contributed by atoms with Crippen LogP contribution in [0.4, 0.5) is 0 Å². The van der Waals surface area contributed by atoms with Crippen molar-refractivity contribution in [3.63, 3.8) is 0 Å². The van der Waals surface area contributed by atoms with E-state index in [0.29, 0.717) is 6.42 Å². The Balaban J connectivity index is 1.87. The predicted octanol–water partition coefficient (Wildman–Crippen LogP) is 5.23. The summed E-state index contributed by atoms with van der Waals surface area (Å²) in [6, 6.07) is 1.70. The Morgan fingerprint density at radius 2 is 1.27 bits per heavy atom. The van der Waals surface area contributed by atoms with E-state index >= 15 is 0 Å². The van der Waals surface area contributed by atoms with Gasteiger partial charge in [-0.3, -0.25) is 9.69 Å². The SMILES string of the molecule is CCCCCCCCC1C(CCCCCCCC(=O)O)N1C. The number of carboxylic acids is 1. The molecule has 1 rings (SSSR count). The minimum Gasteiger partial charge on any atom is -0.481 e. The van der Waals surface area contributed by atoms with Gasteiger partial charge in [0.15, 0.2) is 0 Å². The standard InChI is InChI=1S/C19H37NO2/c1-3-4-5-6-8-11-14-17-18(20(17)2)15-12-9-7-10-13-16-19(21)22/h17-18H,3-16H2,1-2H3,(H,21,22). The summed E-state index contributed by atoms with van der Waals surface area (Å²) in [7, 11) is 2.28. The van der Waals surface area contributed by atoms with Crippen molar-refractivity contribution in [2.45, 2.75) is 109 Å². The Bertz CT molecular complexity index is 293. The van der Waals surface area contributed by atoms with E-state index in [0.717, 1.165) is 24.9 Å². The Kier molecular flexibility index (Phi) is 10.6. The molecule has 1 aliphatic rings. The summed E-state index contributed by atoms with van der Waals surface area (Å²) in [4.78, 5) is 13.0. The molecule has 0 saturated carbocycles. The fourth-order valence-electron chi connectivity index (χ4n) is 3.56. The third-order valence-electron chi connectivity index (χ3n) is 5.14. The van der Waals surface area contributed by atoms with Crippen molar-refractivity contribution in [3.05, 3.63) is 0 Å². The molecular formula is C19H37NO2. The number of hydrogen-bond donors (Lipinski definition) is 1. The summed E-state index contributed by atoms with van der Waals surface area (Å²) in [5.74, 6) is -0.655. The summed E-state index contributed by atoms with van der Waals surface area (Å²) in [5.41, 5.74) is 0. The lowest BCUT2D eigenvalue weighted by Gasteiger charge is -2.01. The average Bonchev–Trinajstić information content (AvgIpc) is 3.10. The molecule has 0 aromatic heterocycles. The van der Waals surface area contributed by atoms with E-state index in [1.54, 1.807) is 0 Å². The van der Waals surface area contributed by atoms with E-state index in [1.807, 2.05) is 0 Å². The molecule has 0 aromatic carbocycles. The molecule has 1 aliphatic heterocycles. The first kappa shape index (κ1) is 19.5. The van der Waals surface area contributed by atoms with Crippen LogP contribution in [0.3, 0.4) is 0 Å². The molecule has 0 bridgehead atoms. The van der Waals surface area contributed by atoms with Gasteiger partial charge < -0.3 is 5.11 Å². The first-order valence-corrected chi connectivity index (χ1v) is 9.60. The number of hydrogen-bond acceptors (Lipinski definition) is 2. The second-order valence-electron chi connectivity index (χ2n) is 7.06. The number of carboxylic acid groups (broad SMARTS) is 1. The Morgan fingerprint density at radius 3 is 1.77 bits per heavy atom. The fourth-order valence-corrected chi connectivity index (χ4v) is 3.56. The maximum absolute atomic E-state index is 10.4. The molecule has 22 heavy (non-hydrogen) atoms. The molecule has 0 amide bonds. The molecule has 0 aromatic rings. The van der Waals surface area contributed by atoms with Crippen molar-refractivity contribution in [3.8, 4) is 0 Å². The summed E-state index contributed by atoms with van der Waals surface area (Å²) < 4.78 is 0. The van der Waals surface area contributed by atoms with Gasteiger partial charge >= 0.3 is 5.97 Å². The van der Waals surface area contributed by atoms with E-state index in [2.05, 4.69) is 18.9 Å². The van der Waals surface area contributed by atoms with E-state index in [9.17, 15) is 4.79 Å². The van der Waals surface area contributed by atoms with Gasteiger partial charge in [0.25, 0.3) is 0 Å². The molecule has 0 radical (unpaired) electrons. The lowest BCUT2D eigenvalue weighted by molar-refractivity contribution is -0.137. The summed E-state index contributed by atoms with van der Waals surface area (Å²) in [5, 5.41) is 8.58. The average molecular weight is 312 g/mol. The van der Waals surface area contributed by atoms with Gasteiger partial charge in [0, 0.05) is 18.5 Å². The van der Waals surface area contributed by atoms with Crippen molar-refractivity contribution in [1.29, 1.82) is 0 Å². The summed E-state index contributed by atoms with van der Waals surface area (Å²) in [6.45, 7) is 2.27.